The van der Waals surface area contributed by atoms with Crippen LogP contribution in [0.4, 0.5) is 5.69 Å². The van der Waals surface area contributed by atoms with E-state index in [0.717, 1.165) is 0 Å². The summed E-state index contributed by atoms with van der Waals surface area (Å²) in [6.45, 7) is 6.87. The van der Waals surface area contributed by atoms with Gasteiger partial charge < -0.3 is 19.5 Å². The molecule has 0 saturated carbocycles. The van der Waals surface area contributed by atoms with Crippen molar-refractivity contribution in [1.29, 1.82) is 0 Å². The fourth-order valence-corrected chi connectivity index (χ4v) is 3.10. The molecule has 1 amide bonds. The number of anilines is 1. The average Bonchev–Trinajstić information content (AvgIpc) is 2.82. The third-order valence-corrected chi connectivity index (χ3v) is 4.52. The highest BCUT2D eigenvalue weighted by Crippen LogP contribution is 2.39. The smallest absolute Gasteiger partial charge is 0.255 e. The molecule has 0 unspecified atom stereocenters. The van der Waals surface area contributed by atoms with Gasteiger partial charge in [-0.2, -0.15) is 0 Å². The summed E-state index contributed by atoms with van der Waals surface area (Å²) in [5, 5.41) is 2.84. The predicted molar refractivity (Wildman–Crippen MR) is 122 cm³/mol. The van der Waals surface area contributed by atoms with Gasteiger partial charge in [0.1, 0.15) is 0 Å². The molecule has 0 fully saturated rings. The van der Waals surface area contributed by atoms with Gasteiger partial charge in [-0.3, -0.25) is 14.6 Å². The molecule has 3 aromatic rings. The van der Waals surface area contributed by atoms with Crippen molar-refractivity contribution in [3.05, 3.63) is 77.6 Å². The number of rotatable bonds is 10. The Morgan fingerprint density at radius 2 is 1.28 bits per heavy atom. The zero-order valence-electron chi connectivity index (χ0n) is 18.4. The summed E-state index contributed by atoms with van der Waals surface area (Å²) >= 11 is 0. The fraction of sp³-hybridized carbons (Fsp3) is 0.240. The number of benzene rings is 2. The molecule has 0 aliphatic rings. The number of pyridine rings is 1. The van der Waals surface area contributed by atoms with Crippen LogP contribution in [0.1, 0.15) is 47.1 Å². The zero-order valence-corrected chi connectivity index (χ0v) is 18.4. The number of ether oxygens (including phenoxy) is 3. The summed E-state index contributed by atoms with van der Waals surface area (Å²) in [7, 11) is 0. The van der Waals surface area contributed by atoms with E-state index in [2.05, 4.69) is 10.3 Å². The Morgan fingerprint density at radius 3 is 1.81 bits per heavy atom. The van der Waals surface area contributed by atoms with Crippen LogP contribution in [-0.4, -0.2) is 36.5 Å². The first-order valence-corrected chi connectivity index (χ1v) is 10.5. The molecule has 0 bridgehead atoms. The minimum Gasteiger partial charge on any atom is -0.490 e. The van der Waals surface area contributed by atoms with Crippen LogP contribution in [0, 0.1) is 0 Å². The molecular weight excluding hydrogens is 408 g/mol. The van der Waals surface area contributed by atoms with Crippen molar-refractivity contribution in [3.8, 4) is 17.2 Å². The van der Waals surface area contributed by atoms with Gasteiger partial charge >= 0.3 is 0 Å². The Balaban J connectivity index is 1.81. The molecule has 0 atom stereocenters. The lowest BCUT2D eigenvalue weighted by atomic mass is 10.0. The molecule has 0 saturated heterocycles. The molecule has 1 heterocycles. The number of carbonyl (C=O) groups is 2. The van der Waals surface area contributed by atoms with Gasteiger partial charge in [-0.1, -0.05) is 0 Å². The molecule has 2 aromatic carbocycles. The van der Waals surface area contributed by atoms with Crippen LogP contribution in [0.25, 0.3) is 0 Å². The third-order valence-electron chi connectivity index (χ3n) is 4.52. The van der Waals surface area contributed by atoms with Crippen LogP contribution >= 0.6 is 0 Å². The molecule has 166 valence electrons. The van der Waals surface area contributed by atoms with Gasteiger partial charge in [0.25, 0.3) is 5.91 Å². The second-order valence-electron chi connectivity index (χ2n) is 6.70. The maximum absolute atomic E-state index is 12.9. The normalized spacial score (nSPS) is 10.3. The average molecular weight is 434 g/mol. The Hall–Kier alpha value is -3.87. The maximum Gasteiger partial charge on any atom is 0.255 e. The Bertz CT molecular complexity index is 1040. The number of hydrogen-bond donors (Lipinski definition) is 1. The van der Waals surface area contributed by atoms with Crippen molar-refractivity contribution in [2.45, 2.75) is 20.8 Å². The first-order chi connectivity index (χ1) is 15.6. The SMILES string of the molecule is CCOc1cc(C(=O)Nc2ccc(C(=O)c3ccncc3)cc2)cc(OCC)c1OCC. The zero-order chi connectivity index (χ0) is 22.9. The minimum absolute atomic E-state index is 0.112. The van der Waals surface area contributed by atoms with Gasteiger partial charge in [0.15, 0.2) is 17.3 Å². The van der Waals surface area contributed by atoms with Crippen molar-refractivity contribution in [3.63, 3.8) is 0 Å². The van der Waals surface area contributed by atoms with Gasteiger partial charge in [-0.25, -0.2) is 0 Å². The molecular formula is C25H26N2O5. The summed E-state index contributed by atoms with van der Waals surface area (Å²) in [5.41, 5.74) is 2.01. The molecule has 0 spiro atoms. The van der Waals surface area contributed by atoms with Crippen molar-refractivity contribution >= 4 is 17.4 Å². The maximum atomic E-state index is 12.9. The lowest BCUT2D eigenvalue weighted by Crippen LogP contribution is -2.13. The molecule has 1 N–H and O–H groups in total. The standard InChI is InChI=1S/C25H26N2O5/c1-4-30-21-15-19(16-22(31-5-2)24(21)32-6-3)25(29)27-20-9-7-17(8-10-20)23(28)18-11-13-26-14-12-18/h7-16H,4-6H2,1-3H3,(H,27,29). The molecule has 7 heteroatoms. The Labute approximate surface area is 187 Å². The van der Waals surface area contributed by atoms with Crippen molar-refractivity contribution in [2.75, 3.05) is 25.1 Å². The van der Waals surface area contributed by atoms with E-state index in [1.807, 2.05) is 20.8 Å². The van der Waals surface area contributed by atoms with Crippen LogP contribution in [0.3, 0.4) is 0 Å². The molecule has 0 radical (unpaired) electrons. The minimum atomic E-state index is -0.330. The second kappa shape index (κ2) is 10.9. The van der Waals surface area contributed by atoms with Gasteiger partial charge in [-0.05, 0) is 69.3 Å². The van der Waals surface area contributed by atoms with E-state index in [1.54, 1.807) is 60.9 Å². The first kappa shape index (κ1) is 22.8. The van der Waals surface area contributed by atoms with E-state index in [1.165, 1.54) is 0 Å². The first-order valence-electron chi connectivity index (χ1n) is 10.5. The van der Waals surface area contributed by atoms with E-state index in [-0.39, 0.29) is 11.7 Å². The predicted octanol–water partition coefficient (Wildman–Crippen LogP) is 4.76. The van der Waals surface area contributed by atoms with Crippen LogP contribution in [0.5, 0.6) is 17.2 Å². The Morgan fingerprint density at radius 1 is 0.750 bits per heavy atom. The molecule has 0 aliphatic heterocycles. The van der Waals surface area contributed by atoms with Gasteiger partial charge in [0.05, 0.1) is 19.8 Å². The van der Waals surface area contributed by atoms with Gasteiger partial charge in [0.2, 0.25) is 5.75 Å². The molecule has 3 rings (SSSR count). The third kappa shape index (κ3) is 5.43. The highest BCUT2D eigenvalue weighted by atomic mass is 16.5. The van der Waals surface area contributed by atoms with Crippen molar-refractivity contribution < 1.29 is 23.8 Å². The van der Waals surface area contributed by atoms with E-state index < -0.39 is 0 Å². The lowest BCUT2D eigenvalue weighted by molar-refractivity contribution is 0.102. The highest BCUT2D eigenvalue weighted by molar-refractivity contribution is 6.09. The number of nitrogens with zero attached hydrogens (tertiary/aromatic N) is 1. The largest absolute Gasteiger partial charge is 0.490 e. The summed E-state index contributed by atoms with van der Waals surface area (Å²) in [6.07, 6.45) is 3.15. The van der Waals surface area contributed by atoms with Crippen LogP contribution in [0.2, 0.25) is 0 Å². The van der Waals surface area contributed by atoms with Crippen LogP contribution in [0.15, 0.2) is 60.9 Å². The monoisotopic (exact) mass is 434 g/mol. The van der Waals surface area contributed by atoms with Crippen LogP contribution < -0.4 is 19.5 Å². The van der Waals surface area contributed by atoms with Crippen molar-refractivity contribution in [2.24, 2.45) is 0 Å². The fourth-order valence-electron chi connectivity index (χ4n) is 3.10. The number of amides is 1. The number of nitrogens with one attached hydrogen (secondary N) is 1. The summed E-state index contributed by atoms with van der Waals surface area (Å²) in [6, 6.07) is 13.3. The molecule has 1 aromatic heterocycles. The van der Waals surface area contributed by atoms with E-state index in [0.29, 0.717) is 59.4 Å². The van der Waals surface area contributed by atoms with E-state index >= 15 is 0 Å². The number of hydrogen-bond acceptors (Lipinski definition) is 6. The summed E-state index contributed by atoms with van der Waals surface area (Å²) in [4.78, 5) is 29.4. The van der Waals surface area contributed by atoms with Gasteiger partial charge in [0, 0.05) is 34.8 Å². The van der Waals surface area contributed by atoms with E-state index in [4.69, 9.17) is 14.2 Å². The van der Waals surface area contributed by atoms with Gasteiger partial charge in [-0.15, -0.1) is 0 Å². The molecule has 0 aliphatic carbocycles. The quantitative estimate of drug-likeness (QED) is 0.463. The van der Waals surface area contributed by atoms with E-state index in [9.17, 15) is 9.59 Å². The number of carbonyl (C=O) groups excluding carboxylic acids is 2. The topological polar surface area (TPSA) is 86.8 Å². The summed E-state index contributed by atoms with van der Waals surface area (Å²) < 4.78 is 17.0. The Kier molecular flexibility index (Phi) is 7.80. The van der Waals surface area contributed by atoms with Crippen LogP contribution in [-0.2, 0) is 0 Å². The molecule has 32 heavy (non-hydrogen) atoms. The highest BCUT2D eigenvalue weighted by Gasteiger charge is 2.18. The number of aromatic nitrogens is 1. The molecule has 7 nitrogen and oxygen atoms in total. The second-order valence-corrected chi connectivity index (χ2v) is 6.70. The van der Waals surface area contributed by atoms with Crippen molar-refractivity contribution in [1.82, 2.24) is 4.98 Å². The lowest BCUT2D eigenvalue weighted by Gasteiger charge is -2.17. The summed E-state index contributed by atoms with van der Waals surface area (Å²) in [5.74, 6) is 0.932. The number of ketones is 1.